The number of halogens is 4. The molecule has 4 aromatic rings. The summed E-state index contributed by atoms with van der Waals surface area (Å²) in [7, 11) is 0. The number of aromatic carboxylic acids is 2. The molecule has 50 heavy (non-hydrogen) atoms. The van der Waals surface area contributed by atoms with Crippen molar-refractivity contribution in [2.45, 2.75) is 61.9 Å². The van der Waals surface area contributed by atoms with Gasteiger partial charge in [0.1, 0.15) is 5.56 Å². The molecule has 0 aliphatic rings. The Balaban J connectivity index is -0.000000177. The van der Waals surface area contributed by atoms with Crippen molar-refractivity contribution in [1.29, 1.82) is 0 Å². The number of nitrogen functional groups attached to an aromatic ring is 1. The lowest BCUT2D eigenvalue weighted by molar-refractivity contribution is -0.385. The summed E-state index contributed by atoms with van der Waals surface area (Å²) in [5, 5.41) is 28.0. The second kappa shape index (κ2) is 24.5. The summed E-state index contributed by atoms with van der Waals surface area (Å²) in [6.07, 6.45) is 0. The lowest BCUT2D eigenvalue weighted by Gasteiger charge is -2.06. The van der Waals surface area contributed by atoms with E-state index in [1.54, 1.807) is 37.3 Å². The van der Waals surface area contributed by atoms with Gasteiger partial charge in [0, 0.05) is 23.4 Å². The fourth-order valence-corrected chi connectivity index (χ4v) is 3.58. The molecule has 5 N–H and O–H groups in total. The molecule has 0 fully saturated rings. The molecule has 0 saturated carbocycles. The van der Waals surface area contributed by atoms with Crippen LogP contribution in [-0.2, 0) is 4.74 Å². The first-order chi connectivity index (χ1) is 20.7. The number of hydrogen-bond acceptors (Lipinski definition) is 10. The van der Waals surface area contributed by atoms with Gasteiger partial charge in [-0.15, -0.1) is 0 Å². The van der Waals surface area contributed by atoms with Crippen LogP contribution in [0, 0.1) is 30.9 Å². The zero-order valence-electron chi connectivity index (χ0n) is 23.3. The largest absolute Gasteiger partial charge is 0.478 e. The number of carbonyl (C=O) groups excluding carboxylic acids is 1. The molecule has 0 spiro atoms. The third-order valence-electron chi connectivity index (χ3n) is 5.03. The number of hydrogen-bond donors (Lipinski definition) is 4. The number of nitrogens with zero attached hydrogens (tertiary/aromatic N) is 1. The van der Waals surface area contributed by atoms with E-state index in [-0.39, 0.29) is 53.9 Å². The van der Waals surface area contributed by atoms with Crippen LogP contribution in [0.15, 0.2) is 68.6 Å². The van der Waals surface area contributed by atoms with Gasteiger partial charge >= 0.3 is 32.7 Å². The molecule has 1 aromatic heterocycles. The van der Waals surface area contributed by atoms with E-state index < -0.39 is 37.7 Å². The maximum absolute atomic E-state index is 11.2. The number of ether oxygens (including phenoxy) is 1. The number of nitrogens with two attached hydrogens (primary N) is 1. The fourth-order valence-electron chi connectivity index (χ4n) is 3.14. The number of benzene rings is 3. The average molecular weight is 788 g/mol. The van der Waals surface area contributed by atoms with Crippen molar-refractivity contribution in [1.82, 2.24) is 4.98 Å². The first kappa shape index (κ1) is 54.8. The van der Waals surface area contributed by atoms with Crippen LogP contribution in [0.25, 0.3) is 10.9 Å². The smallest absolute Gasteiger partial charge is 0.419 e. The van der Waals surface area contributed by atoms with Crippen LogP contribution in [0.3, 0.4) is 0 Å². The Kier molecular flexibility index (Phi) is 26.9. The number of nitro groups is 1. The molecule has 280 valence electrons. The number of alkyl halides is 3. The Morgan fingerprint density at radius 1 is 0.820 bits per heavy atom. The first-order valence-corrected chi connectivity index (χ1v) is 13.4. The van der Waals surface area contributed by atoms with Gasteiger partial charge in [0.15, 0.2) is 0 Å². The summed E-state index contributed by atoms with van der Waals surface area (Å²) in [6.45, 7) is 5.37. The zero-order chi connectivity index (χ0) is 34.6. The monoisotopic (exact) mass is 785 g/mol. The molecule has 0 aliphatic carbocycles. The fraction of sp³-hybridized carbons (Fsp3) is 0.281. The summed E-state index contributed by atoms with van der Waals surface area (Å²) in [4.78, 5) is 64.9. The van der Waals surface area contributed by atoms with E-state index in [2.05, 4.69) is 25.7 Å². The van der Waals surface area contributed by atoms with Gasteiger partial charge in [-0.05, 0) is 91.5 Å². The average Bonchev–Trinajstić information content (AvgIpc) is 2.90. The molecule has 0 radical (unpaired) electrons. The highest BCUT2D eigenvalue weighted by molar-refractivity contribution is 6.69. The van der Waals surface area contributed by atoms with Gasteiger partial charge in [0.25, 0.3) is 5.69 Å². The van der Waals surface area contributed by atoms with E-state index in [0.717, 1.165) is 11.1 Å². The van der Waals surface area contributed by atoms with E-state index in [1.165, 1.54) is 18.2 Å². The highest BCUT2D eigenvalue weighted by atomic mass is 35.6. The van der Waals surface area contributed by atoms with Crippen molar-refractivity contribution >= 4 is 86.0 Å². The normalized spacial score (nSPS) is 9.10. The number of aromatic nitrogens is 1. The van der Waals surface area contributed by atoms with Gasteiger partial charge in [-0.1, -0.05) is 66.5 Å². The lowest BCUT2D eigenvalue weighted by Crippen LogP contribution is -2.14. The predicted octanol–water partition coefficient (Wildman–Crippen LogP) is 9.54. The van der Waals surface area contributed by atoms with E-state index in [1.807, 2.05) is 19.9 Å². The Labute approximate surface area is 309 Å². The summed E-state index contributed by atoms with van der Waals surface area (Å²) >= 11 is 19.4. The summed E-state index contributed by atoms with van der Waals surface area (Å²) in [5.74, 6) is -2.98. The molecule has 0 bridgehead atoms. The molecule has 0 aliphatic heterocycles. The van der Waals surface area contributed by atoms with Crippen molar-refractivity contribution in [3.63, 3.8) is 0 Å². The molecule has 0 amide bonds. The number of rotatable bonds is 3. The minimum Gasteiger partial charge on any atom is -0.478 e. The molecule has 0 atom stereocenters. The SMILES string of the molecule is C.C.C.C.C.Cc1ccc(N)c(C(=O)O)c1.Cc1ccc([N+](=O)[O-])c(C(=O)O)c1.Cc1ccc2[nH]c(=O)oc(=O)c2c1.O=C(Cl)OC(Cl)(Cl)Cl. The second-order valence-electron chi connectivity index (χ2n) is 8.62. The molecule has 0 saturated heterocycles. The van der Waals surface area contributed by atoms with Crippen molar-refractivity contribution in [3.05, 3.63) is 113 Å². The number of H-pyrrole nitrogens is 1. The van der Waals surface area contributed by atoms with E-state index in [0.29, 0.717) is 22.2 Å². The molecule has 0 unspecified atom stereocenters. The Morgan fingerprint density at radius 3 is 1.66 bits per heavy atom. The first-order valence-electron chi connectivity index (χ1n) is 11.9. The van der Waals surface area contributed by atoms with Crippen LogP contribution >= 0.6 is 46.4 Å². The molecular weight excluding hydrogens is 744 g/mol. The highest BCUT2D eigenvalue weighted by Crippen LogP contribution is 2.28. The van der Waals surface area contributed by atoms with Gasteiger partial charge in [-0.3, -0.25) is 15.1 Å². The van der Waals surface area contributed by atoms with Crippen LogP contribution < -0.4 is 17.1 Å². The number of aryl methyl sites for hydroxylation is 3. The number of anilines is 1. The van der Waals surface area contributed by atoms with Crippen LogP contribution in [0.2, 0.25) is 0 Å². The van der Waals surface area contributed by atoms with Gasteiger partial charge in [-0.25, -0.2) is 24.0 Å². The highest BCUT2D eigenvalue weighted by Gasteiger charge is 2.23. The minimum absolute atomic E-state index is 0. The third kappa shape index (κ3) is 19.4. The van der Waals surface area contributed by atoms with Crippen LogP contribution in [0.5, 0.6) is 0 Å². The van der Waals surface area contributed by atoms with Crippen LogP contribution in [0.4, 0.5) is 16.2 Å². The topological polar surface area (TPSA) is 233 Å². The van der Waals surface area contributed by atoms with Gasteiger partial charge in [0.05, 0.1) is 21.4 Å². The maximum atomic E-state index is 11.2. The number of nitro benzene ring substituents is 1. The number of aromatic amines is 1. The Hall–Kier alpha value is -4.63. The third-order valence-corrected chi connectivity index (χ3v) is 5.34. The molecule has 18 heteroatoms. The number of carboxylic acid groups (broad SMARTS) is 2. The summed E-state index contributed by atoms with van der Waals surface area (Å²) in [6, 6.07) is 14.1. The Morgan fingerprint density at radius 2 is 1.26 bits per heavy atom. The van der Waals surface area contributed by atoms with E-state index in [9.17, 15) is 34.1 Å². The second-order valence-corrected chi connectivity index (χ2v) is 11.1. The maximum Gasteiger partial charge on any atom is 0.419 e. The lowest BCUT2D eigenvalue weighted by atomic mass is 10.1. The van der Waals surface area contributed by atoms with E-state index in [4.69, 9.17) is 50.7 Å². The van der Waals surface area contributed by atoms with Crippen LogP contribution in [0.1, 0.15) is 74.5 Å². The molecule has 14 nitrogen and oxygen atoms in total. The van der Waals surface area contributed by atoms with Gasteiger partial charge < -0.3 is 25.1 Å². The standard InChI is InChI=1S/C9H7NO3.C8H7NO4.C8H9NO2.C2Cl4O2.5CH4/c1-5-2-3-7-6(4-5)8(11)13-9(12)10-7;1-5-2-3-7(9(12)13)6(4-5)8(10)11;1-5-2-3-7(9)6(4-5)8(10)11;3-1(7)8-2(4,5)6;;;;;/h2-4H,1H3,(H,10,12);2-4H,1H3,(H,10,11);2-4H,9H2,1H3,(H,10,11);;5*1H4. The summed E-state index contributed by atoms with van der Waals surface area (Å²) in [5.41, 5.74) is 6.54. The van der Waals surface area contributed by atoms with Crippen molar-refractivity contribution in [2.75, 3.05) is 5.73 Å². The Bertz CT molecular complexity index is 1840. The number of carboxylic acids is 2. The van der Waals surface area contributed by atoms with Crippen molar-refractivity contribution in [3.8, 4) is 0 Å². The van der Waals surface area contributed by atoms with Gasteiger partial charge in [0.2, 0.25) is 0 Å². The quantitative estimate of drug-likeness (QED) is 0.0500. The van der Waals surface area contributed by atoms with Crippen molar-refractivity contribution in [2.24, 2.45) is 0 Å². The minimum atomic E-state index is -2.04. The molecule has 4 rings (SSSR count). The van der Waals surface area contributed by atoms with Crippen molar-refractivity contribution < 1.29 is 38.7 Å². The number of carbonyl (C=O) groups is 3. The molecule has 1 heterocycles. The number of nitrogens with one attached hydrogen (secondary N) is 1. The molecular formula is C32H43Cl4N3O11. The zero-order valence-corrected chi connectivity index (χ0v) is 26.3. The summed E-state index contributed by atoms with van der Waals surface area (Å²) < 4.78 is 6.20. The molecule has 3 aromatic carbocycles. The van der Waals surface area contributed by atoms with Gasteiger partial charge in [-0.2, -0.15) is 0 Å². The van der Waals surface area contributed by atoms with Crippen LogP contribution in [-0.4, -0.2) is 41.5 Å². The van der Waals surface area contributed by atoms with E-state index >= 15 is 0 Å². The number of fused-ring (bicyclic) bond motifs is 1. The predicted molar refractivity (Wildman–Crippen MR) is 201 cm³/mol.